The monoisotopic (exact) mass is 261 g/mol. The molecule has 2 unspecified atom stereocenters. The largest absolute Gasteiger partial charge is 0.489 e. The van der Waals surface area contributed by atoms with E-state index in [9.17, 15) is 0 Å². The van der Waals surface area contributed by atoms with Crippen LogP contribution in [0.15, 0.2) is 36.9 Å². The van der Waals surface area contributed by atoms with E-state index in [0.29, 0.717) is 18.8 Å². The minimum absolute atomic E-state index is 0.348. The predicted octanol–water partition coefficient (Wildman–Crippen LogP) is 2.91. The van der Waals surface area contributed by atoms with E-state index < -0.39 is 0 Å². The van der Waals surface area contributed by atoms with Gasteiger partial charge in [0.05, 0.1) is 6.10 Å². The molecule has 1 aromatic carbocycles. The zero-order valence-corrected chi connectivity index (χ0v) is 11.6. The van der Waals surface area contributed by atoms with Crippen molar-refractivity contribution in [1.82, 2.24) is 5.32 Å². The highest BCUT2D eigenvalue weighted by Gasteiger charge is 2.21. The van der Waals surface area contributed by atoms with Crippen LogP contribution in [0.4, 0.5) is 0 Å². The summed E-state index contributed by atoms with van der Waals surface area (Å²) < 4.78 is 11.3. The Morgan fingerprint density at radius 2 is 2.37 bits per heavy atom. The molecule has 1 aromatic rings. The maximum absolute atomic E-state index is 5.69. The van der Waals surface area contributed by atoms with E-state index in [4.69, 9.17) is 9.47 Å². The van der Waals surface area contributed by atoms with Crippen molar-refractivity contribution in [2.45, 2.75) is 38.5 Å². The van der Waals surface area contributed by atoms with Crippen molar-refractivity contribution in [3.8, 4) is 5.75 Å². The molecule has 0 amide bonds. The Hall–Kier alpha value is -1.32. The molecule has 0 bridgehead atoms. The van der Waals surface area contributed by atoms with Crippen LogP contribution < -0.4 is 10.1 Å². The summed E-state index contributed by atoms with van der Waals surface area (Å²) in [6.45, 7) is 8.10. The Bertz CT molecular complexity index is 399. The van der Waals surface area contributed by atoms with E-state index in [-0.39, 0.29) is 0 Å². The Labute approximate surface area is 115 Å². The molecule has 1 fully saturated rings. The minimum Gasteiger partial charge on any atom is -0.489 e. The Morgan fingerprint density at radius 1 is 1.53 bits per heavy atom. The highest BCUT2D eigenvalue weighted by Crippen LogP contribution is 2.19. The van der Waals surface area contributed by atoms with E-state index in [1.54, 1.807) is 6.08 Å². The molecule has 1 heterocycles. The number of hydrogen-bond donors (Lipinski definition) is 1. The lowest BCUT2D eigenvalue weighted by molar-refractivity contribution is 0.0831. The number of para-hydroxylation sites is 1. The predicted molar refractivity (Wildman–Crippen MR) is 77.4 cm³/mol. The maximum Gasteiger partial charge on any atom is 0.124 e. The lowest BCUT2D eigenvalue weighted by Crippen LogP contribution is -2.36. The van der Waals surface area contributed by atoms with Gasteiger partial charge < -0.3 is 14.8 Å². The van der Waals surface area contributed by atoms with Crippen LogP contribution in [-0.2, 0) is 11.3 Å². The van der Waals surface area contributed by atoms with Crippen molar-refractivity contribution in [3.05, 3.63) is 42.5 Å². The average Bonchev–Trinajstić information content (AvgIpc) is 2.97. The zero-order valence-electron chi connectivity index (χ0n) is 11.6. The van der Waals surface area contributed by atoms with Crippen LogP contribution in [0.25, 0.3) is 0 Å². The van der Waals surface area contributed by atoms with Gasteiger partial charge >= 0.3 is 0 Å². The van der Waals surface area contributed by atoms with Crippen LogP contribution in [0, 0.1) is 0 Å². The van der Waals surface area contributed by atoms with Gasteiger partial charge in [-0.3, -0.25) is 0 Å². The number of ether oxygens (including phenoxy) is 2. The van der Waals surface area contributed by atoms with Crippen LogP contribution in [0.2, 0.25) is 0 Å². The third-order valence-electron chi connectivity index (χ3n) is 3.47. The first-order valence-corrected chi connectivity index (χ1v) is 6.98. The fraction of sp³-hybridized carbons (Fsp3) is 0.500. The lowest BCUT2D eigenvalue weighted by Gasteiger charge is -2.20. The fourth-order valence-corrected chi connectivity index (χ4v) is 2.34. The third kappa shape index (κ3) is 4.08. The van der Waals surface area contributed by atoms with E-state index in [1.165, 1.54) is 12.0 Å². The van der Waals surface area contributed by atoms with Crippen molar-refractivity contribution in [2.75, 3.05) is 13.2 Å². The quantitative estimate of drug-likeness (QED) is 0.766. The minimum atomic E-state index is 0.348. The van der Waals surface area contributed by atoms with Gasteiger partial charge in [-0.15, -0.1) is 0 Å². The van der Waals surface area contributed by atoms with Crippen LogP contribution in [0.5, 0.6) is 5.75 Å². The highest BCUT2D eigenvalue weighted by molar-refractivity contribution is 5.33. The molecule has 1 aliphatic heterocycles. The highest BCUT2D eigenvalue weighted by atomic mass is 16.5. The lowest BCUT2D eigenvalue weighted by atomic mass is 10.1. The second kappa shape index (κ2) is 7.31. The summed E-state index contributed by atoms with van der Waals surface area (Å²) in [6.07, 6.45) is 4.44. The summed E-state index contributed by atoms with van der Waals surface area (Å²) in [5.74, 6) is 0.925. The number of rotatable bonds is 7. The molecule has 0 radical (unpaired) electrons. The van der Waals surface area contributed by atoms with Gasteiger partial charge in [0.25, 0.3) is 0 Å². The first-order chi connectivity index (χ1) is 9.31. The Kier molecular flexibility index (Phi) is 5.43. The summed E-state index contributed by atoms with van der Waals surface area (Å²) in [6, 6.07) is 8.49. The van der Waals surface area contributed by atoms with Gasteiger partial charge in [0.1, 0.15) is 12.4 Å². The maximum atomic E-state index is 5.69. The second-order valence-corrected chi connectivity index (χ2v) is 4.93. The van der Waals surface area contributed by atoms with E-state index >= 15 is 0 Å². The Morgan fingerprint density at radius 3 is 3.11 bits per heavy atom. The van der Waals surface area contributed by atoms with E-state index in [2.05, 4.69) is 24.9 Å². The van der Waals surface area contributed by atoms with Crippen molar-refractivity contribution in [1.29, 1.82) is 0 Å². The standard InChI is InChI=1S/C16H23NO2/c1-3-10-18-16-8-5-4-7-14(16)12-17-13(2)15-9-6-11-19-15/h3-5,7-8,13,15,17H,1,6,9-12H2,2H3. The average molecular weight is 261 g/mol. The summed E-state index contributed by atoms with van der Waals surface area (Å²) in [5.41, 5.74) is 1.18. The van der Waals surface area contributed by atoms with E-state index in [0.717, 1.165) is 25.3 Å². The molecule has 1 aliphatic rings. The van der Waals surface area contributed by atoms with Crippen molar-refractivity contribution < 1.29 is 9.47 Å². The molecule has 2 rings (SSSR count). The number of hydrogen-bond acceptors (Lipinski definition) is 3. The number of nitrogens with one attached hydrogen (secondary N) is 1. The molecular formula is C16H23NO2. The second-order valence-electron chi connectivity index (χ2n) is 4.93. The van der Waals surface area contributed by atoms with E-state index in [1.807, 2.05) is 18.2 Å². The van der Waals surface area contributed by atoms with Crippen LogP contribution in [0.3, 0.4) is 0 Å². The summed E-state index contributed by atoms with van der Waals surface area (Å²) in [4.78, 5) is 0. The molecular weight excluding hydrogens is 238 g/mol. The summed E-state index contributed by atoms with van der Waals surface area (Å²) in [7, 11) is 0. The summed E-state index contributed by atoms with van der Waals surface area (Å²) >= 11 is 0. The van der Waals surface area contributed by atoms with Gasteiger partial charge in [0, 0.05) is 24.8 Å². The first kappa shape index (κ1) is 14.1. The molecule has 3 nitrogen and oxygen atoms in total. The molecule has 0 aromatic heterocycles. The topological polar surface area (TPSA) is 30.5 Å². The van der Waals surface area contributed by atoms with Crippen LogP contribution in [-0.4, -0.2) is 25.4 Å². The van der Waals surface area contributed by atoms with Gasteiger partial charge in [-0.2, -0.15) is 0 Å². The van der Waals surface area contributed by atoms with Crippen molar-refractivity contribution >= 4 is 0 Å². The summed E-state index contributed by atoms with van der Waals surface area (Å²) in [5, 5.41) is 3.53. The van der Waals surface area contributed by atoms with Crippen LogP contribution >= 0.6 is 0 Å². The molecule has 3 heteroatoms. The molecule has 0 aliphatic carbocycles. The SMILES string of the molecule is C=CCOc1ccccc1CNC(C)C1CCCO1. The molecule has 0 spiro atoms. The normalized spacial score (nSPS) is 20.2. The van der Waals surface area contributed by atoms with Gasteiger partial charge in [-0.1, -0.05) is 30.9 Å². The molecule has 1 saturated heterocycles. The molecule has 2 atom stereocenters. The first-order valence-electron chi connectivity index (χ1n) is 6.98. The van der Waals surface area contributed by atoms with Gasteiger partial charge in [0.2, 0.25) is 0 Å². The smallest absolute Gasteiger partial charge is 0.124 e. The molecule has 19 heavy (non-hydrogen) atoms. The third-order valence-corrected chi connectivity index (χ3v) is 3.47. The molecule has 104 valence electrons. The van der Waals surface area contributed by atoms with Gasteiger partial charge in [-0.05, 0) is 25.8 Å². The Balaban J connectivity index is 1.89. The van der Waals surface area contributed by atoms with Crippen LogP contribution in [0.1, 0.15) is 25.3 Å². The molecule has 1 N–H and O–H groups in total. The van der Waals surface area contributed by atoms with Crippen molar-refractivity contribution in [2.24, 2.45) is 0 Å². The van der Waals surface area contributed by atoms with Gasteiger partial charge in [0.15, 0.2) is 0 Å². The fourth-order valence-electron chi connectivity index (χ4n) is 2.34. The molecule has 0 saturated carbocycles. The van der Waals surface area contributed by atoms with Crippen molar-refractivity contribution in [3.63, 3.8) is 0 Å². The zero-order chi connectivity index (χ0) is 13.5. The number of benzene rings is 1. The van der Waals surface area contributed by atoms with Gasteiger partial charge in [-0.25, -0.2) is 0 Å².